The Morgan fingerprint density at radius 3 is 2.58 bits per heavy atom. The van der Waals surface area contributed by atoms with Crippen LogP contribution in [0.1, 0.15) is 44.8 Å². The molecule has 6 nitrogen and oxygen atoms in total. The molecule has 130 valence electrons. The summed E-state index contributed by atoms with van der Waals surface area (Å²) >= 11 is 0. The lowest BCUT2D eigenvalue weighted by molar-refractivity contribution is -0.146. The van der Waals surface area contributed by atoms with E-state index in [9.17, 15) is 9.59 Å². The van der Waals surface area contributed by atoms with Crippen LogP contribution in [0.3, 0.4) is 0 Å². The smallest absolute Gasteiger partial charge is 0.228 e. The van der Waals surface area contributed by atoms with E-state index in [0.29, 0.717) is 19.4 Å². The molecular weight excluding hydrogens is 304 g/mol. The topological polar surface area (TPSA) is 58.4 Å². The highest BCUT2D eigenvalue weighted by Gasteiger charge is 2.42. The van der Waals surface area contributed by atoms with Gasteiger partial charge in [-0.25, -0.2) is 0 Å². The standard InChI is InChI=1S/C18H26N4O2/c1-12-8-10-22(11-13(12)2)18(24)14-5-6-16(23)20(3)17(14)15-7-9-19-21(15)4/h7,9,14,17H,5-6,8,10-11H2,1-4H3/t14-,17-/m0/s1. The second kappa shape index (κ2) is 6.42. The van der Waals surface area contributed by atoms with Gasteiger partial charge in [0.15, 0.2) is 0 Å². The van der Waals surface area contributed by atoms with E-state index in [1.807, 2.05) is 18.0 Å². The quantitative estimate of drug-likeness (QED) is 0.778. The van der Waals surface area contributed by atoms with E-state index in [0.717, 1.165) is 18.7 Å². The van der Waals surface area contributed by atoms with Gasteiger partial charge in [-0.05, 0) is 32.8 Å². The molecule has 6 heteroatoms. The van der Waals surface area contributed by atoms with E-state index in [4.69, 9.17) is 0 Å². The predicted octanol–water partition coefficient (Wildman–Crippen LogP) is 1.90. The van der Waals surface area contributed by atoms with Gasteiger partial charge in [0.2, 0.25) is 11.8 Å². The molecule has 0 aliphatic carbocycles. The van der Waals surface area contributed by atoms with Crippen LogP contribution < -0.4 is 0 Å². The van der Waals surface area contributed by atoms with Gasteiger partial charge in [-0.15, -0.1) is 0 Å². The van der Waals surface area contributed by atoms with E-state index in [1.54, 1.807) is 22.8 Å². The molecule has 0 aromatic carbocycles. The van der Waals surface area contributed by atoms with Crippen LogP contribution in [0.25, 0.3) is 0 Å². The monoisotopic (exact) mass is 330 g/mol. The Balaban J connectivity index is 1.88. The Labute approximate surface area is 143 Å². The van der Waals surface area contributed by atoms with E-state index in [-0.39, 0.29) is 23.8 Å². The number of nitrogens with zero attached hydrogens (tertiary/aromatic N) is 4. The highest BCUT2D eigenvalue weighted by molar-refractivity contribution is 5.85. The van der Waals surface area contributed by atoms with Crippen LogP contribution in [0.2, 0.25) is 0 Å². The zero-order valence-corrected chi connectivity index (χ0v) is 15.0. The molecule has 0 bridgehead atoms. The molecule has 2 aliphatic rings. The number of hydrogen-bond donors (Lipinski definition) is 0. The summed E-state index contributed by atoms with van der Waals surface area (Å²) in [6.45, 7) is 5.72. The summed E-state index contributed by atoms with van der Waals surface area (Å²) in [6, 6.07) is 1.67. The van der Waals surface area contributed by atoms with Gasteiger partial charge in [-0.3, -0.25) is 14.3 Å². The lowest BCUT2D eigenvalue weighted by Crippen LogP contribution is -2.49. The van der Waals surface area contributed by atoms with Crippen LogP contribution in [0.15, 0.2) is 23.4 Å². The van der Waals surface area contributed by atoms with E-state index >= 15 is 0 Å². The lowest BCUT2D eigenvalue weighted by atomic mass is 9.85. The van der Waals surface area contributed by atoms with Gasteiger partial charge in [-0.2, -0.15) is 5.10 Å². The summed E-state index contributed by atoms with van der Waals surface area (Å²) in [5.74, 6) is 0.0533. The number of rotatable bonds is 2. The van der Waals surface area contributed by atoms with Crippen LogP contribution in [-0.4, -0.2) is 51.5 Å². The van der Waals surface area contributed by atoms with Gasteiger partial charge >= 0.3 is 0 Å². The van der Waals surface area contributed by atoms with Gasteiger partial charge in [0.25, 0.3) is 0 Å². The van der Waals surface area contributed by atoms with Crippen molar-refractivity contribution in [3.63, 3.8) is 0 Å². The van der Waals surface area contributed by atoms with Gasteiger partial charge in [0, 0.05) is 39.8 Å². The first-order chi connectivity index (χ1) is 11.4. The lowest BCUT2D eigenvalue weighted by Gasteiger charge is -2.41. The maximum atomic E-state index is 13.2. The van der Waals surface area contributed by atoms with Crippen LogP contribution >= 0.6 is 0 Å². The number of piperidine rings is 1. The van der Waals surface area contributed by atoms with Crippen LogP contribution in [0, 0.1) is 5.92 Å². The number of carbonyl (C=O) groups is 2. The van der Waals surface area contributed by atoms with Gasteiger partial charge < -0.3 is 9.80 Å². The zero-order valence-electron chi connectivity index (χ0n) is 15.0. The highest BCUT2D eigenvalue weighted by atomic mass is 16.2. The van der Waals surface area contributed by atoms with Crippen molar-refractivity contribution in [2.45, 2.75) is 39.2 Å². The second-order valence-electron chi connectivity index (χ2n) is 7.04. The van der Waals surface area contributed by atoms with Crippen molar-refractivity contribution in [1.29, 1.82) is 0 Å². The summed E-state index contributed by atoms with van der Waals surface area (Å²) < 4.78 is 1.77. The fraction of sp³-hybridized carbons (Fsp3) is 0.611. The molecule has 24 heavy (non-hydrogen) atoms. The summed E-state index contributed by atoms with van der Waals surface area (Å²) in [7, 11) is 3.66. The molecule has 2 aliphatic heterocycles. The molecular formula is C18H26N4O2. The molecule has 2 amide bonds. The number of likely N-dealkylation sites (tertiary alicyclic amines) is 1. The molecule has 2 atom stereocenters. The molecule has 0 unspecified atom stereocenters. The van der Waals surface area contributed by atoms with Crippen molar-refractivity contribution in [2.75, 3.05) is 20.1 Å². The van der Waals surface area contributed by atoms with Crippen molar-refractivity contribution >= 4 is 11.8 Å². The average Bonchev–Trinajstić information content (AvgIpc) is 2.97. The Morgan fingerprint density at radius 1 is 1.21 bits per heavy atom. The minimum absolute atomic E-state index is 0.0933. The van der Waals surface area contributed by atoms with Crippen molar-refractivity contribution in [2.24, 2.45) is 13.0 Å². The molecule has 0 radical (unpaired) electrons. The van der Waals surface area contributed by atoms with Gasteiger partial charge in [0.05, 0.1) is 17.7 Å². The summed E-state index contributed by atoms with van der Waals surface area (Å²) in [5.41, 5.74) is 3.59. The average molecular weight is 330 g/mol. The van der Waals surface area contributed by atoms with E-state index in [1.165, 1.54) is 11.1 Å². The molecule has 1 aromatic heterocycles. The molecule has 3 rings (SSSR count). The maximum absolute atomic E-state index is 13.2. The number of aromatic nitrogens is 2. The molecule has 0 spiro atoms. The van der Waals surface area contributed by atoms with Crippen molar-refractivity contribution in [1.82, 2.24) is 19.6 Å². The summed E-state index contributed by atoms with van der Waals surface area (Å²) in [5, 5.41) is 4.23. The number of hydrogen-bond acceptors (Lipinski definition) is 3. The first-order valence-corrected chi connectivity index (χ1v) is 8.57. The summed E-state index contributed by atoms with van der Waals surface area (Å²) in [6.07, 6.45) is 3.70. The number of amides is 2. The molecule has 0 saturated carbocycles. The maximum Gasteiger partial charge on any atom is 0.228 e. The minimum atomic E-state index is -0.237. The number of aryl methyl sites for hydroxylation is 1. The Bertz CT molecular complexity index is 691. The molecule has 1 fully saturated rings. The van der Waals surface area contributed by atoms with Crippen LogP contribution in [0.4, 0.5) is 0 Å². The van der Waals surface area contributed by atoms with E-state index < -0.39 is 0 Å². The first kappa shape index (κ1) is 16.7. The zero-order chi connectivity index (χ0) is 17.4. The van der Waals surface area contributed by atoms with Crippen LogP contribution in [0.5, 0.6) is 0 Å². The fourth-order valence-corrected chi connectivity index (χ4v) is 3.81. The van der Waals surface area contributed by atoms with Crippen molar-refractivity contribution in [3.05, 3.63) is 29.1 Å². The second-order valence-corrected chi connectivity index (χ2v) is 7.04. The number of carbonyl (C=O) groups excluding carboxylic acids is 2. The predicted molar refractivity (Wildman–Crippen MR) is 91.0 cm³/mol. The molecule has 3 heterocycles. The normalized spacial score (nSPS) is 25.4. The summed E-state index contributed by atoms with van der Waals surface area (Å²) in [4.78, 5) is 29.1. The third-order valence-electron chi connectivity index (χ3n) is 5.57. The Morgan fingerprint density at radius 2 is 1.96 bits per heavy atom. The molecule has 0 N–H and O–H groups in total. The minimum Gasteiger partial charge on any atom is -0.338 e. The molecule has 1 aromatic rings. The van der Waals surface area contributed by atoms with E-state index in [2.05, 4.69) is 18.9 Å². The third kappa shape index (κ3) is 2.85. The highest BCUT2D eigenvalue weighted by Crippen LogP contribution is 2.37. The van der Waals surface area contributed by atoms with Crippen LogP contribution in [-0.2, 0) is 16.6 Å². The first-order valence-electron chi connectivity index (χ1n) is 8.57. The fourth-order valence-electron chi connectivity index (χ4n) is 3.81. The van der Waals surface area contributed by atoms with Gasteiger partial charge in [-0.1, -0.05) is 11.1 Å². The third-order valence-corrected chi connectivity index (χ3v) is 5.57. The van der Waals surface area contributed by atoms with Gasteiger partial charge in [0.1, 0.15) is 0 Å². The Kier molecular flexibility index (Phi) is 4.47. The SMILES string of the molecule is CC1=C(C)CN(C(=O)[C@H]2CCC(=O)N(C)[C@@H]2c2ccnn2C)CC1. The largest absolute Gasteiger partial charge is 0.338 e. The Hall–Kier alpha value is -2.11. The van der Waals surface area contributed by atoms with Crippen molar-refractivity contribution in [3.8, 4) is 0 Å². The molecule has 1 saturated heterocycles. The van der Waals surface area contributed by atoms with Crippen molar-refractivity contribution < 1.29 is 9.59 Å².